The minimum atomic E-state index is -0.355. The molecule has 0 saturated heterocycles. The lowest BCUT2D eigenvalue weighted by Gasteiger charge is -2.32. The van der Waals surface area contributed by atoms with E-state index in [0.29, 0.717) is 10.0 Å². The molecule has 0 aromatic heterocycles. The summed E-state index contributed by atoms with van der Waals surface area (Å²) in [5, 5.41) is 4.38. The largest absolute Gasteiger partial charge is 0.289 e. The summed E-state index contributed by atoms with van der Waals surface area (Å²) in [4.78, 5) is 27.3. The van der Waals surface area contributed by atoms with E-state index in [1.54, 1.807) is 0 Å². The van der Waals surface area contributed by atoms with E-state index in [-0.39, 0.29) is 33.2 Å². The Morgan fingerprint density at radius 2 is 0.690 bits per heavy atom. The second-order valence-electron chi connectivity index (χ2n) is 15.7. The molecule has 42 heavy (non-hydrogen) atoms. The monoisotopic (exact) mass is 602 g/mol. The third-order valence-electron chi connectivity index (χ3n) is 8.08. The fourth-order valence-corrected chi connectivity index (χ4v) is 6.33. The van der Waals surface area contributed by atoms with E-state index in [1.165, 1.54) is 0 Å². The van der Waals surface area contributed by atoms with Gasteiger partial charge in [0, 0.05) is 32.7 Å². The quantitative estimate of drug-likeness (QED) is 0.301. The molecule has 4 heteroatoms. The molecule has 0 aliphatic heterocycles. The highest BCUT2D eigenvalue weighted by atomic mass is 35.5. The minimum Gasteiger partial charge on any atom is -0.289 e. The molecular weight excluding hydrogens is 559 g/mol. The van der Waals surface area contributed by atoms with Crippen molar-refractivity contribution in [2.45, 2.75) is 83.1 Å². The van der Waals surface area contributed by atoms with Crippen molar-refractivity contribution in [2.75, 3.05) is 0 Å². The van der Waals surface area contributed by atoms with Crippen LogP contribution >= 0.6 is 23.2 Å². The molecule has 222 valence electrons. The Kier molecular flexibility index (Phi) is 8.05. The first kappa shape index (κ1) is 32.2. The van der Waals surface area contributed by atoms with E-state index in [0.717, 1.165) is 54.6 Å². The molecule has 0 spiro atoms. The van der Waals surface area contributed by atoms with Crippen molar-refractivity contribution in [1.29, 1.82) is 0 Å². The van der Waals surface area contributed by atoms with Gasteiger partial charge in [-0.05, 0) is 67.9 Å². The van der Waals surface area contributed by atoms with Crippen LogP contribution in [0, 0.1) is 21.7 Å². The van der Waals surface area contributed by atoms with Crippen LogP contribution in [-0.2, 0) is 9.59 Å². The van der Waals surface area contributed by atoms with Gasteiger partial charge in [-0.25, -0.2) is 0 Å². The summed E-state index contributed by atoms with van der Waals surface area (Å²) in [6, 6.07) is 8.12. The third kappa shape index (κ3) is 5.78. The van der Waals surface area contributed by atoms with Crippen LogP contribution in [0.25, 0.3) is 21.9 Å². The molecule has 0 bridgehead atoms. The fraction of sp³-hybridized carbons (Fsp3) is 0.421. The highest BCUT2D eigenvalue weighted by Gasteiger charge is 2.36. The van der Waals surface area contributed by atoms with Crippen molar-refractivity contribution < 1.29 is 9.59 Å². The molecule has 0 radical (unpaired) electrons. The summed E-state index contributed by atoms with van der Waals surface area (Å²) < 4.78 is 0. The maximum absolute atomic E-state index is 13.7. The van der Waals surface area contributed by atoms with Gasteiger partial charge < -0.3 is 0 Å². The summed E-state index contributed by atoms with van der Waals surface area (Å²) in [6.07, 6.45) is 7.96. The number of carbonyl (C=O) groups is 2. The molecular formula is C38H44Cl2O2. The van der Waals surface area contributed by atoms with E-state index in [2.05, 4.69) is 95.2 Å². The molecule has 0 saturated carbocycles. The van der Waals surface area contributed by atoms with Gasteiger partial charge in [-0.15, -0.1) is 0 Å². The zero-order chi connectivity index (χ0) is 31.7. The number of Topliss-reactive ketones (excluding diaryl/α,β-unsaturated/α-hetero) is 2. The molecule has 2 aliphatic rings. The molecule has 0 N–H and O–H groups in total. The average Bonchev–Trinajstić information content (AvgIpc) is 2.83. The number of hydrogen-bond acceptors (Lipinski definition) is 2. The van der Waals surface area contributed by atoms with Crippen LogP contribution in [0.1, 0.15) is 83.1 Å². The molecule has 2 aromatic rings. The zero-order valence-corrected chi connectivity index (χ0v) is 28.7. The van der Waals surface area contributed by atoms with E-state index in [4.69, 9.17) is 23.2 Å². The molecule has 2 aromatic carbocycles. The molecule has 0 atom stereocenters. The number of rotatable bonds is 0. The number of fused-ring (bicyclic) bond motifs is 1. The van der Waals surface area contributed by atoms with Crippen molar-refractivity contribution in [2.24, 2.45) is 21.7 Å². The molecule has 0 unspecified atom stereocenters. The first-order valence-corrected chi connectivity index (χ1v) is 15.4. The van der Waals surface area contributed by atoms with Gasteiger partial charge in [-0.3, -0.25) is 9.59 Å². The Hall–Kier alpha value is -2.68. The smallest absolute Gasteiger partial charge is 0.186 e. The van der Waals surface area contributed by atoms with Gasteiger partial charge >= 0.3 is 0 Å². The van der Waals surface area contributed by atoms with E-state index >= 15 is 0 Å². The van der Waals surface area contributed by atoms with Gasteiger partial charge in [-0.1, -0.05) is 131 Å². The standard InChI is InChI=1S/C38H44Cl2O2/c1-35(2,3)25-17-21(18-26(33(25)41)36(4,5)6)29-23-15-13-14-16-24(23)30(32(40)31(29)39)22-19-27(37(7,8)9)34(42)28(20-22)38(10,11)12/h13-20H,1-12H3. The SMILES string of the molecule is CC(C)(C)C1=CC(=c2c(Cl)c(Cl)c(=C3C=C(C(C)(C)C)C(=O)C(C(C)(C)C)=C3)c3ccccc23)C=C(C(C)(C)C)C1=O. The number of ketones is 2. The summed E-state index contributed by atoms with van der Waals surface area (Å²) in [7, 11) is 0. The van der Waals surface area contributed by atoms with Crippen molar-refractivity contribution in [1.82, 2.24) is 0 Å². The number of allylic oxidation sites excluding steroid dienone is 8. The highest BCUT2D eigenvalue weighted by molar-refractivity contribution is 6.43. The number of carbonyl (C=O) groups excluding carboxylic acids is 2. The summed E-state index contributed by atoms with van der Waals surface area (Å²) in [6.45, 7) is 24.8. The highest BCUT2D eigenvalue weighted by Crippen LogP contribution is 2.41. The van der Waals surface area contributed by atoms with Gasteiger partial charge in [0.05, 0.1) is 10.0 Å². The summed E-state index contributed by atoms with van der Waals surface area (Å²) >= 11 is 14.5. The third-order valence-corrected chi connectivity index (χ3v) is 8.94. The van der Waals surface area contributed by atoms with Gasteiger partial charge in [0.2, 0.25) is 0 Å². The van der Waals surface area contributed by atoms with Crippen LogP contribution in [0.2, 0.25) is 10.0 Å². The number of benzene rings is 2. The van der Waals surface area contributed by atoms with Crippen molar-refractivity contribution in [3.05, 3.63) is 91.3 Å². The van der Waals surface area contributed by atoms with Crippen molar-refractivity contribution in [3.63, 3.8) is 0 Å². The average molecular weight is 604 g/mol. The predicted octanol–water partition coefficient (Wildman–Crippen LogP) is 9.50. The van der Waals surface area contributed by atoms with Crippen LogP contribution in [0.15, 0.2) is 70.9 Å². The molecule has 2 nitrogen and oxygen atoms in total. The molecule has 0 amide bonds. The second kappa shape index (κ2) is 10.5. The first-order valence-electron chi connectivity index (χ1n) is 14.7. The van der Waals surface area contributed by atoms with Gasteiger partial charge in [-0.2, -0.15) is 0 Å². The van der Waals surface area contributed by atoms with Gasteiger partial charge in [0.15, 0.2) is 11.6 Å². The maximum atomic E-state index is 13.7. The number of hydrogen-bond donors (Lipinski definition) is 0. The van der Waals surface area contributed by atoms with Gasteiger partial charge in [0.1, 0.15) is 0 Å². The Balaban J connectivity index is 2.29. The van der Waals surface area contributed by atoms with Crippen LogP contribution < -0.4 is 10.4 Å². The first-order chi connectivity index (χ1) is 19.0. The van der Waals surface area contributed by atoms with Gasteiger partial charge in [0.25, 0.3) is 0 Å². The number of halogens is 2. The molecule has 0 fully saturated rings. The topological polar surface area (TPSA) is 34.1 Å². The van der Waals surface area contributed by atoms with Crippen LogP contribution in [0.4, 0.5) is 0 Å². The summed E-state index contributed by atoms with van der Waals surface area (Å²) in [5.41, 5.74) is 3.33. The van der Waals surface area contributed by atoms with Crippen LogP contribution in [0.5, 0.6) is 0 Å². The minimum absolute atomic E-state index is 0.0732. The Labute approximate surface area is 261 Å². The van der Waals surface area contributed by atoms with Crippen molar-refractivity contribution in [3.8, 4) is 0 Å². The van der Waals surface area contributed by atoms with Crippen LogP contribution in [0.3, 0.4) is 0 Å². The van der Waals surface area contributed by atoms with E-state index in [9.17, 15) is 9.59 Å². The van der Waals surface area contributed by atoms with E-state index < -0.39 is 0 Å². The zero-order valence-electron chi connectivity index (χ0n) is 27.2. The Bertz CT molecular complexity index is 1570. The normalized spacial score (nSPS) is 17.4. The second-order valence-corrected chi connectivity index (χ2v) is 16.5. The lowest BCUT2D eigenvalue weighted by molar-refractivity contribution is -0.114. The molecule has 0 heterocycles. The fourth-order valence-electron chi connectivity index (χ4n) is 5.71. The van der Waals surface area contributed by atoms with Crippen LogP contribution in [-0.4, -0.2) is 11.6 Å². The lowest BCUT2D eigenvalue weighted by Crippen LogP contribution is -2.30. The Morgan fingerprint density at radius 1 is 0.452 bits per heavy atom. The predicted molar refractivity (Wildman–Crippen MR) is 180 cm³/mol. The Morgan fingerprint density at radius 3 is 0.905 bits per heavy atom. The molecule has 4 rings (SSSR count). The summed E-state index contributed by atoms with van der Waals surface area (Å²) in [5.74, 6) is 0.146. The van der Waals surface area contributed by atoms with Crippen molar-refractivity contribution >= 4 is 56.7 Å². The maximum Gasteiger partial charge on any atom is 0.186 e. The van der Waals surface area contributed by atoms with E-state index in [1.807, 2.05) is 36.4 Å². The molecule has 2 aliphatic carbocycles. The lowest BCUT2D eigenvalue weighted by atomic mass is 9.71.